The van der Waals surface area contributed by atoms with Gasteiger partial charge in [-0.2, -0.15) is 0 Å². The third-order valence-corrected chi connectivity index (χ3v) is 4.09. The Morgan fingerprint density at radius 2 is 1.95 bits per heavy atom. The minimum absolute atomic E-state index is 0.509. The Hall–Kier alpha value is -1.06. The predicted molar refractivity (Wildman–Crippen MR) is 85.5 cm³/mol. The Morgan fingerprint density at radius 1 is 1.20 bits per heavy atom. The summed E-state index contributed by atoms with van der Waals surface area (Å²) in [5.41, 5.74) is 2.63. The number of hydrogen-bond donors (Lipinski definition) is 1. The van der Waals surface area contributed by atoms with Gasteiger partial charge in [-0.3, -0.25) is 0 Å². The van der Waals surface area contributed by atoms with Gasteiger partial charge in [-0.1, -0.05) is 24.6 Å². The van der Waals surface area contributed by atoms with Crippen LogP contribution >= 0.6 is 0 Å². The average Bonchev–Trinajstić information content (AvgIpc) is 2.91. The first-order valence-electron chi connectivity index (χ1n) is 7.87. The average molecular weight is 276 g/mol. The van der Waals surface area contributed by atoms with Crippen molar-refractivity contribution in [1.29, 1.82) is 0 Å². The summed E-state index contributed by atoms with van der Waals surface area (Å²) in [5.74, 6) is 0.586. The Morgan fingerprint density at radius 3 is 2.60 bits per heavy atom. The largest absolute Gasteiger partial charge is 0.379 e. The number of nitrogens with one attached hydrogen (secondary N) is 1. The van der Waals surface area contributed by atoms with E-state index in [1.165, 1.54) is 17.7 Å². The smallest absolute Gasteiger partial charge is 0.0624 e. The number of hydrogen-bond acceptors (Lipinski definition) is 3. The normalized spacial score (nSPS) is 22.1. The maximum atomic E-state index is 5.68. The fourth-order valence-electron chi connectivity index (χ4n) is 2.79. The molecule has 3 heteroatoms. The van der Waals surface area contributed by atoms with E-state index in [9.17, 15) is 0 Å². The van der Waals surface area contributed by atoms with Crippen molar-refractivity contribution in [3.05, 3.63) is 29.8 Å². The van der Waals surface area contributed by atoms with Gasteiger partial charge in [0.05, 0.1) is 13.2 Å². The van der Waals surface area contributed by atoms with Crippen molar-refractivity contribution < 1.29 is 4.74 Å². The van der Waals surface area contributed by atoms with E-state index >= 15 is 0 Å². The van der Waals surface area contributed by atoms with Crippen LogP contribution in [0.3, 0.4) is 0 Å². The van der Waals surface area contributed by atoms with Crippen LogP contribution in [0.15, 0.2) is 24.3 Å². The standard InChI is InChI=1S/C17H28N2O/c1-4-10-18-17-13-20-12-15(17)11-19(5-2)16-8-6-14(3)7-9-16/h6-9,15,17-18H,4-5,10-13H2,1-3H3. The van der Waals surface area contributed by atoms with Crippen LogP contribution in [0.25, 0.3) is 0 Å². The molecule has 1 fully saturated rings. The van der Waals surface area contributed by atoms with E-state index in [1.54, 1.807) is 0 Å². The third-order valence-electron chi connectivity index (χ3n) is 4.09. The van der Waals surface area contributed by atoms with Gasteiger partial charge in [0.25, 0.3) is 0 Å². The second kappa shape index (κ2) is 7.65. The van der Waals surface area contributed by atoms with E-state index in [-0.39, 0.29) is 0 Å². The van der Waals surface area contributed by atoms with Crippen LogP contribution in [-0.2, 0) is 4.74 Å². The number of aryl methyl sites for hydroxylation is 1. The molecule has 2 unspecified atom stereocenters. The van der Waals surface area contributed by atoms with E-state index < -0.39 is 0 Å². The first kappa shape index (κ1) is 15.3. The molecule has 0 bridgehead atoms. The summed E-state index contributed by atoms with van der Waals surface area (Å²) >= 11 is 0. The lowest BCUT2D eigenvalue weighted by Crippen LogP contribution is -2.42. The SMILES string of the molecule is CCCNC1COCC1CN(CC)c1ccc(C)cc1. The summed E-state index contributed by atoms with van der Waals surface area (Å²) in [7, 11) is 0. The van der Waals surface area contributed by atoms with Gasteiger partial charge >= 0.3 is 0 Å². The summed E-state index contributed by atoms with van der Waals surface area (Å²) in [4.78, 5) is 2.46. The maximum Gasteiger partial charge on any atom is 0.0624 e. The van der Waals surface area contributed by atoms with Gasteiger partial charge in [-0.25, -0.2) is 0 Å². The lowest BCUT2D eigenvalue weighted by molar-refractivity contribution is 0.183. The zero-order chi connectivity index (χ0) is 14.4. The molecule has 0 radical (unpaired) electrons. The zero-order valence-electron chi connectivity index (χ0n) is 13.1. The monoisotopic (exact) mass is 276 g/mol. The molecule has 1 heterocycles. The molecule has 3 nitrogen and oxygen atoms in total. The van der Waals surface area contributed by atoms with Crippen molar-refractivity contribution in [3.63, 3.8) is 0 Å². The Kier molecular flexibility index (Phi) is 5.86. The predicted octanol–water partition coefficient (Wildman–Crippen LogP) is 2.84. The first-order chi connectivity index (χ1) is 9.74. The highest BCUT2D eigenvalue weighted by Crippen LogP contribution is 2.21. The van der Waals surface area contributed by atoms with Crippen molar-refractivity contribution in [2.45, 2.75) is 33.2 Å². The van der Waals surface area contributed by atoms with Gasteiger partial charge in [0.1, 0.15) is 0 Å². The lowest BCUT2D eigenvalue weighted by Gasteiger charge is -2.29. The molecule has 20 heavy (non-hydrogen) atoms. The van der Waals surface area contributed by atoms with Gasteiger partial charge in [0.2, 0.25) is 0 Å². The molecule has 1 saturated heterocycles. The lowest BCUT2D eigenvalue weighted by atomic mass is 10.0. The summed E-state index contributed by atoms with van der Waals surface area (Å²) < 4.78 is 5.68. The van der Waals surface area contributed by atoms with Crippen molar-refractivity contribution in [2.75, 3.05) is 37.7 Å². The Bertz CT molecular complexity index is 390. The van der Waals surface area contributed by atoms with E-state index in [0.29, 0.717) is 12.0 Å². The fourth-order valence-corrected chi connectivity index (χ4v) is 2.79. The molecule has 1 aliphatic rings. The van der Waals surface area contributed by atoms with E-state index in [0.717, 1.165) is 32.8 Å². The highest BCUT2D eigenvalue weighted by Gasteiger charge is 2.29. The fraction of sp³-hybridized carbons (Fsp3) is 0.647. The highest BCUT2D eigenvalue weighted by atomic mass is 16.5. The van der Waals surface area contributed by atoms with Crippen LogP contribution in [0.5, 0.6) is 0 Å². The minimum atomic E-state index is 0.509. The van der Waals surface area contributed by atoms with Crippen molar-refractivity contribution in [3.8, 4) is 0 Å². The van der Waals surface area contributed by atoms with Crippen LogP contribution < -0.4 is 10.2 Å². The van der Waals surface area contributed by atoms with Crippen LogP contribution in [0.2, 0.25) is 0 Å². The molecule has 2 atom stereocenters. The topological polar surface area (TPSA) is 24.5 Å². The number of benzene rings is 1. The van der Waals surface area contributed by atoms with Crippen molar-refractivity contribution in [2.24, 2.45) is 5.92 Å². The first-order valence-corrected chi connectivity index (χ1v) is 7.87. The molecule has 1 aromatic carbocycles. The molecule has 0 saturated carbocycles. The molecule has 0 aromatic heterocycles. The summed E-state index contributed by atoms with van der Waals surface area (Å²) in [6.45, 7) is 11.5. The van der Waals surface area contributed by atoms with E-state index in [1.807, 2.05) is 0 Å². The second-order valence-corrected chi connectivity index (χ2v) is 5.73. The van der Waals surface area contributed by atoms with Gasteiger partial charge in [0.15, 0.2) is 0 Å². The molecule has 0 amide bonds. The quantitative estimate of drug-likeness (QED) is 0.829. The molecule has 2 rings (SSSR count). The van der Waals surface area contributed by atoms with E-state index in [2.05, 4.69) is 55.3 Å². The Balaban J connectivity index is 1.96. The van der Waals surface area contributed by atoms with Gasteiger partial charge in [-0.15, -0.1) is 0 Å². The minimum Gasteiger partial charge on any atom is -0.379 e. The van der Waals surface area contributed by atoms with Crippen LogP contribution in [0.4, 0.5) is 5.69 Å². The van der Waals surface area contributed by atoms with Crippen LogP contribution in [0, 0.1) is 12.8 Å². The summed E-state index contributed by atoms with van der Waals surface area (Å²) in [6, 6.07) is 9.34. The maximum absolute atomic E-state index is 5.68. The van der Waals surface area contributed by atoms with Crippen LogP contribution in [0.1, 0.15) is 25.8 Å². The zero-order valence-corrected chi connectivity index (χ0v) is 13.1. The second-order valence-electron chi connectivity index (χ2n) is 5.73. The third kappa shape index (κ3) is 3.97. The molecule has 1 aliphatic heterocycles. The summed E-state index contributed by atoms with van der Waals surface area (Å²) in [6.07, 6.45) is 1.18. The van der Waals surface area contributed by atoms with Crippen molar-refractivity contribution in [1.82, 2.24) is 5.32 Å². The van der Waals surface area contributed by atoms with Crippen molar-refractivity contribution >= 4 is 5.69 Å². The van der Waals surface area contributed by atoms with Gasteiger partial charge in [-0.05, 0) is 38.9 Å². The number of rotatable bonds is 7. The number of nitrogens with zero attached hydrogens (tertiary/aromatic N) is 1. The molecule has 0 aliphatic carbocycles. The molecule has 1 aromatic rings. The highest BCUT2D eigenvalue weighted by molar-refractivity contribution is 5.47. The molecule has 0 spiro atoms. The van der Waals surface area contributed by atoms with Crippen LogP contribution in [-0.4, -0.2) is 38.9 Å². The molecular weight excluding hydrogens is 248 g/mol. The number of ether oxygens (including phenoxy) is 1. The molecular formula is C17H28N2O. The molecule has 112 valence electrons. The molecule has 1 N–H and O–H groups in total. The number of anilines is 1. The van der Waals surface area contributed by atoms with E-state index in [4.69, 9.17) is 4.74 Å². The summed E-state index contributed by atoms with van der Waals surface area (Å²) in [5, 5.41) is 3.62. The Labute approximate surface area is 123 Å². The van der Waals surface area contributed by atoms with Gasteiger partial charge < -0.3 is 15.0 Å². The van der Waals surface area contributed by atoms with Gasteiger partial charge in [0, 0.05) is 30.7 Å².